The molecule has 0 saturated carbocycles. The van der Waals surface area contributed by atoms with Crippen molar-refractivity contribution in [2.45, 2.75) is 33.4 Å². The van der Waals surface area contributed by atoms with E-state index in [0.29, 0.717) is 12.0 Å². The summed E-state index contributed by atoms with van der Waals surface area (Å²) in [6, 6.07) is 4.55. The van der Waals surface area contributed by atoms with Crippen molar-refractivity contribution in [3.8, 4) is 0 Å². The molecule has 5 nitrogen and oxygen atoms in total. The molecule has 6 heteroatoms. The third kappa shape index (κ3) is 3.21. The Hall–Kier alpha value is -1.66. The number of nitrogen functional groups attached to an aromatic ring is 1. The number of hydrogen-bond acceptors (Lipinski definition) is 6. The molecule has 0 aromatic carbocycles. The highest BCUT2D eigenvalue weighted by Gasteiger charge is 2.16. The zero-order chi connectivity index (χ0) is 13.8. The van der Waals surface area contributed by atoms with Crippen LogP contribution in [0.1, 0.15) is 24.3 Å². The second-order valence-corrected chi connectivity index (χ2v) is 5.68. The van der Waals surface area contributed by atoms with Gasteiger partial charge in [-0.1, -0.05) is 6.07 Å². The molecule has 2 aromatic heterocycles. The van der Waals surface area contributed by atoms with Crippen LogP contribution in [0.4, 0.5) is 11.8 Å². The van der Waals surface area contributed by atoms with Crippen molar-refractivity contribution in [2.24, 2.45) is 5.84 Å². The van der Waals surface area contributed by atoms with Gasteiger partial charge >= 0.3 is 0 Å². The molecular weight excluding hydrogens is 258 g/mol. The third-order valence-electron chi connectivity index (χ3n) is 2.88. The van der Waals surface area contributed by atoms with Crippen LogP contribution in [-0.4, -0.2) is 16.0 Å². The number of anilines is 2. The van der Waals surface area contributed by atoms with E-state index in [1.165, 1.54) is 4.88 Å². The Morgan fingerprint density at radius 2 is 2.26 bits per heavy atom. The molecule has 2 heterocycles. The SMILES string of the molecule is Cc1cnc(NN)nc1N(Cc1cccs1)C(C)C. The predicted octanol–water partition coefficient (Wildman–Crippen LogP) is 2.55. The van der Waals surface area contributed by atoms with Crippen molar-refractivity contribution in [3.63, 3.8) is 0 Å². The van der Waals surface area contributed by atoms with Crippen LogP contribution in [0.25, 0.3) is 0 Å². The molecule has 0 amide bonds. The molecule has 102 valence electrons. The molecule has 0 aliphatic rings. The number of rotatable bonds is 5. The molecule has 19 heavy (non-hydrogen) atoms. The largest absolute Gasteiger partial charge is 0.349 e. The van der Waals surface area contributed by atoms with Gasteiger partial charge < -0.3 is 4.90 Å². The summed E-state index contributed by atoms with van der Waals surface area (Å²) in [4.78, 5) is 12.2. The van der Waals surface area contributed by atoms with Gasteiger partial charge in [-0.05, 0) is 32.2 Å². The number of hydrazine groups is 1. The standard InChI is InChI=1S/C13H19N5S/c1-9(2)18(8-11-5-4-6-19-11)12-10(3)7-15-13(16-12)17-14/h4-7,9H,8,14H2,1-3H3,(H,15,16,17). The van der Waals surface area contributed by atoms with Gasteiger partial charge in [0.05, 0.1) is 6.54 Å². The van der Waals surface area contributed by atoms with Crippen molar-refractivity contribution < 1.29 is 0 Å². The first kappa shape index (κ1) is 13.8. The maximum Gasteiger partial charge on any atom is 0.239 e. The van der Waals surface area contributed by atoms with Crippen LogP contribution in [0.2, 0.25) is 0 Å². The first-order valence-electron chi connectivity index (χ1n) is 6.21. The minimum absolute atomic E-state index is 0.348. The molecule has 3 N–H and O–H groups in total. The second-order valence-electron chi connectivity index (χ2n) is 4.65. The van der Waals surface area contributed by atoms with Gasteiger partial charge in [-0.15, -0.1) is 11.3 Å². The highest BCUT2D eigenvalue weighted by atomic mass is 32.1. The van der Waals surface area contributed by atoms with Crippen LogP contribution in [0.15, 0.2) is 23.7 Å². The Balaban J connectivity index is 2.33. The summed E-state index contributed by atoms with van der Waals surface area (Å²) in [6.07, 6.45) is 1.79. The highest BCUT2D eigenvalue weighted by Crippen LogP contribution is 2.23. The molecule has 2 aromatic rings. The number of aromatic nitrogens is 2. The van der Waals surface area contributed by atoms with E-state index >= 15 is 0 Å². The summed E-state index contributed by atoms with van der Waals surface area (Å²) in [5.74, 6) is 6.75. The Morgan fingerprint density at radius 1 is 1.47 bits per heavy atom. The van der Waals surface area contributed by atoms with E-state index < -0.39 is 0 Å². The van der Waals surface area contributed by atoms with Crippen LogP contribution in [0.5, 0.6) is 0 Å². The van der Waals surface area contributed by atoms with Gasteiger partial charge in [0.15, 0.2) is 0 Å². The van der Waals surface area contributed by atoms with Crippen molar-refractivity contribution in [3.05, 3.63) is 34.2 Å². The van der Waals surface area contributed by atoms with Crippen molar-refractivity contribution >= 4 is 23.1 Å². The molecule has 0 aliphatic carbocycles. The highest BCUT2D eigenvalue weighted by molar-refractivity contribution is 7.09. The lowest BCUT2D eigenvalue weighted by Crippen LogP contribution is -2.31. The van der Waals surface area contributed by atoms with E-state index in [0.717, 1.165) is 17.9 Å². The Morgan fingerprint density at radius 3 is 2.84 bits per heavy atom. The zero-order valence-corrected chi connectivity index (χ0v) is 12.2. The first-order chi connectivity index (χ1) is 9.11. The molecular formula is C13H19N5S. The zero-order valence-electron chi connectivity index (χ0n) is 11.4. The lowest BCUT2D eigenvalue weighted by molar-refractivity contribution is 0.673. The van der Waals surface area contributed by atoms with E-state index in [9.17, 15) is 0 Å². The minimum atomic E-state index is 0.348. The van der Waals surface area contributed by atoms with E-state index in [2.05, 4.69) is 51.7 Å². The summed E-state index contributed by atoms with van der Waals surface area (Å²) in [6.45, 7) is 7.17. The number of nitrogens with zero attached hydrogens (tertiary/aromatic N) is 3. The number of nitrogens with one attached hydrogen (secondary N) is 1. The Kier molecular flexibility index (Phi) is 4.34. The molecule has 0 unspecified atom stereocenters. The van der Waals surface area contributed by atoms with E-state index in [-0.39, 0.29) is 0 Å². The molecule has 0 radical (unpaired) electrons. The summed E-state index contributed by atoms with van der Waals surface area (Å²) >= 11 is 1.75. The summed E-state index contributed by atoms with van der Waals surface area (Å²) in [7, 11) is 0. The summed E-state index contributed by atoms with van der Waals surface area (Å²) in [5.41, 5.74) is 3.55. The normalized spacial score (nSPS) is 10.8. The van der Waals surface area contributed by atoms with Gasteiger partial charge in [0.2, 0.25) is 5.95 Å². The molecule has 0 bridgehead atoms. The number of hydrogen-bond donors (Lipinski definition) is 2. The molecule has 0 aliphatic heterocycles. The van der Waals surface area contributed by atoms with Crippen LogP contribution in [-0.2, 0) is 6.54 Å². The average Bonchev–Trinajstić information content (AvgIpc) is 2.89. The fraction of sp³-hybridized carbons (Fsp3) is 0.385. The Bertz CT molecular complexity index is 524. The molecule has 0 fully saturated rings. The average molecular weight is 277 g/mol. The van der Waals surface area contributed by atoms with E-state index in [1.54, 1.807) is 17.5 Å². The maximum atomic E-state index is 5.39. The van der Waals surface area contributed by atoms with Crippen molar-refractivity contribution in [2.75, 3.05) is 10.3 Å². The van der Waals surface area contributed by atoms with Crippen molar-refractivity contribution in [1.82, 2.24) is 9.97 Å². The van der Waals surface area contributed by atoms with E-state index in [1.807, 2.05) is 6.92 Å². The fourth-order valence-corrected chi connectivity index (χ4v) is 2.57. The van der Waals surface area contributed by atoms with Gasteiger partial charge in [0.1, 0.15) is 5.82 Å². The smallest absolute Gasteiger partial charge is 0.239 e. The van der Waals surface area contributed by atoms with Gasteiger partial charge in [-0.2, -0.15) is 4.98 Å². The fourth-order valence-electron chi connectivity index (χ4n) is 1.87. The van der Waals surface area contributed by atoms with Gasteiger partial charge in [-0.3, -0.25) is 5.43 Å². The lowest BCUT2D eigenvalue weighted by Gasteiger charge is -2.28. The third-order valence-corrected chi connectivity index (χ3v) is 3.74. The molecule has 0 saturated heterocycles. The lowest BCUT2D eigenvalue weighted by atomic mass is 10.2. The van der Waals surface area contributed by atoms with Gasteiger partial charge in [-0.25, -0.2) is 10.8 Å². The Labute approximate surface area is 117 Å². The second kappa shape index (κ2) is 5.99. The molecule has 0 atom stereocenters. The van der Waals surface area contributed by atoms with Crippen LogP contribution in [0, 0.1) is 6.92 Å². The van der Waals surface area contributed by atoms with Gasteiger partial charge in [0, 0.05) is 22.7 Å². The minimum Gasteiger partial charge on any atom is -0.349 e. The molecule has 0 spiro atoms. The number of aryl methyl sites for hydroxylation is 1. The maximum absolute atomic E-state index is 5.39. The predicted molar refractivity (Wildman–Crippen MR) is 80.2 cm³/mol. The summed E-state index contributed by atoms with van der Waals surface area (Å²) < 4.78 is 0. The van der Waals surface area contributed by atoms with Gasteiger partial charge in [0.25, 0.3) is 0 Å². The van der Waals surface area contributed by atoms with Crippen molar-refractivity contribution in [1.29, 1.82) is 0 Å². The van der Waals surface area contributed by atoms with Crippen LogP contribution >= 0.6 is 11.3 Å². The molecule has 2 rings (SSSR count). The van der Waals surface area contributed by atoms with Crippen LogP contribution < -0.4 is 16.2 Å². The first-order valence-corrected chi connectivity index (χ1v) is 7.09. The number of thiophene rings is 1. The monoisotopic (exact) mass is 277 g/mol. The van der Waals surface area contributed by atoms with E-state index in [4.69, 9.17) is 5.84 Å². The quantitative estimate of drug-likeness (QED) is 0.649. The van der Waals surface area contributed by atoms with Crippen LogP contribution in [0.3, 0.4) is 0 Å². The summed E-state index contributed by atoms with van der Waals surface area (Å²) in [5, 5.41) is 2.09. The topological polar surface area (TPSA) is 67.1 Å². The number of nitrogens with two attached hydrogens (primary N) is 1.